The molecule has 0 fully saturated rings. The van der Waals surface area contributed by atoms with Crippen molar-refractivity contribution in [2.45, 2.75) is 0 Å². The molecule has 68 heavy (non-hydrogen) atoms. The summed E-state index contributed by atoms with van der Waals surface area (Å²) in [5.74, 6) is 0.896. The summed E-state index contributed by atoms with van der Waals surface area (Å²) in [6.07, 6.45) is 0. The molecule has 322 valence electrons. The van der Waals surface area contributed by atoms with Crippen molar-refractivity contribution >= 4 is 97.4 Å². The van der Waals surface area contributed by atoms with Gasteiger partial charge in [-0.05, 0) is 91.8 Å². The first-order valence-electron chi connectivity index (χ1n) is 23.2. The molecule has 7 heteroatoms. The van der Waals surface area contributed by atoms with Gasteiger partial charge >= 0.3 is 0 Å². The van der Waals surface area contributed by atoms with E-state index in [2.05, 4.69) is 280 Å². The topological polar surface area (TPSA) is 36.4 Å². The zero-order valence-electron chi connectivity index (χ0n) is 37.1. The molecule has 0 spiro atoms. The fraction of sp³-hybridized carbons (Fsp3) is 0. The molecule has 0 aliphatic carbocycles. The number of fused-ring (bicyclic) bond motifs is 8. The summed E-state index contributed by atoms with van der Waals surface area (Å²) < 4.78 is 15.7. The van der Waals surface area contributed by atoms with Gasteiger partial charge in [-0.2, -0.15) is 0 Å². The lowest BCUT2D eigenvalue weighted by atomic mass is 10.1. The Morgan fingerprint density at radius 3 is 1.29 bits per heavy atom. The van der Waals surface area contributed by atoms with Crippen molar-refractivity contribution < 1.29 is 4.12 Å². The molecule has 13 rings (SSSR count). The molecule has 0 bridgehead atoms. The van der Waals surface area contributed by atoms with Crippen molar-refractivity contribution in [2.75, 3.05) is 0 Å². The molecule has 0 aliphatic rings. The zero-order chi connectivity index (χ0) is 45.1. The maximum absolute atomic E-state index is 8.70. The molecule has 0 saturated heterocycles. The van der Waals surface area contributed by atoms with E-state index in [-0.39, 0.29) is 0 Å². The van der Waals surface area contributed by atoms with Gasteiger partial charge in [-0.3, -0.25) is 8.97 Å². The number of rotatable bonds is 10. The van der Waals surface area contributed by atoms with Crippen LogP contribution in [-0.2, 0) is 4.12 Å². The number of hydrogen-bond acceptors (Lipinski definition) is 2. The Balaban J connectivity index is 1.07. The smallest absolute Gasteiger partial charge is 0.278 e. The van der Waals surface area contributed by atoms with Crippen LogP contribution < -0.4 is 31.1 Å². The largest absolute Gasteiger partial charge is 0.435 e. The highest BCUT2D eigenvalue weighted by atomic mass is 28.4. The van der Waals surface area contributed by atoms with Gasteiger partial charge in [-0.15, -0.1) is 0 Å². The third-order valence-electron chi connectivity index (χ3n) is 13.7. The van der Waals surface area contributed by atoms with Gasteiger partial charge in [0.15, 0.2) is 0 Å². The Morgan fingerprint density at radius 2 is 0.721 bits per heavy atom. The summed E-state index contributed by atoms with van der Waals surface area (Å²) in [6.45, 7) is 0. The van der Waals surface area contributed by atoms with Crippen molar-refractivity contribution in [1.82, 2.24) is 18.5 Å². The molecule has 0 N–H and O–H groups in total. The van der Waals surface area contributed by atoms with Gasteiger partial charge in [0.05, 0.1) is 33.1 Å². The van der Waals surface area contributed by atoms with Crippen LogP contribution in [0.1, 0.15) is 0 Å². The molecule has 0 atom stereocenters. The van der Waals surface area contributed by atoms with Crippen LogP contribution in [-0.4, -0.2) is 35.2 Å². The SMILES string of the molecule is c1ccc([Si](O[Si](c2ccccc2)(c2ccccc2)c2cccc(-n3c4ccccc4c4cc(-n5c6ccccc6n6c7ccccc7nc56)ccc43)c2)(c2ccccc2)c2ccccc2)cc1. The third kappa shape index (κ3) is 6.14. The second-order valence-electron chi connectivity index (χ2n) is 17.5. The lowest BCUT2D eigenvalue weighted by Crippen LogP contribution is -2.81. The molecule has 13 aromatic rings. The predicted octanol–water partition coefficient (Wildman–Crippen LogP) is 10.2. The fourth-order valence-electron chi connectivity index (χ4n) is 10.8. The van der Waals surface area contributed by atoms with Crippen molar-refractivity contribution in [3.63, 3.8) is 0 Å². The molecule has 5 nitrogen and oxygen atoms in total. The van der Waals surface area contributed by atoms with E-state index in [1.165, 1.54) is 41.9 Å². The van der Waals surface area contributed by atoms with Gasteiger partial charge in [0, 0.05) is 22.1 Å². The minimum Gasteiger partial charge on any atom is -0.435 e. The second-order valence-corrected chi connectivity index (χ2v) is 24.5. The summed E-state index contributed by atoms with van der Waals surface area (Å²) in [7, 11) is -6.78. The van der Waals surface area contributed by atoms with Crippen LogP contribution in [0.15, 0.2) is 267 Å². The number of imidazole rings is 2. The molecular formula is C61H44N4OSi2. The molecule has 0 unspecified atom stereocenters. The van der Waals surface area contributed by atoms with Crippen molar-refractivity contribution in [3.8, 4) is 11.4 Å². The minimum atomic E-state index is -3.46. The summed E-state index contributed by atoms with van der Waals surface area (Å²) in [4.78, 5) is 5.21. The Morgan fingerprint density at radius 1 is 0.294 bits per heavy atom. The predicted molar refractivity (Wildman–Crippen MR) is 286 cm³/mol. The van der Waals surface area contributed by atoms with Gasteiger partial charge in [-0.25, -0.2) is 4.98 Å². The second kappa shape index (κ2) is 16.2. The van der Waals surface area contributed by atoms with E-state index in [9.17, 15) is 0 Å². The number of hydrogen-bond donors (Lipinski definition) is 0. The van der Waals surface area contributed by atoms with Crippen LogP contribution in [0.3, 0.4) is 0 Å². The highest BCUT2D eigenvalue weighted by Crippen LogP contribution is 2.36. The fourth-order valence-corrected chi connectivity index (χ4v) is 21.5. The third-order valence-corrected chi connectivity index (χ3v) is 23.0. The summed E-state index contributed by atoms with van der Waals surface area (Å²) in [6, 6.07) is 97.0. The maximum atomic E-state index is 8.70. The van der Waals surface area contributed by atoms with Crippen molar-refractivity contribution in [2.24, 2.45) is 0 Å². The molecule has 0 saturated carbocycles. The standard InChI is InChI=1S/C61H44N4OSi2/c1-6-24-47(25-7-1)67(48-26-8-2-9-27-48,49-28-10-3-11-29-49)66-68(50-30-12-4-13-31-50,51-32-14-5-15-33-51)52-34-22-23-45(43-52)63-56-37-18-16-35-53(56)54-44-46(41-42-57(54)63)64-59-39-20-21-40-60(59)65-58-38-19-17-36-55(58)62-61(64)65/h1-44H. The van der Waals surface area contributed by atoms with Crippen LogP contribution in [0.4, 0.5) is 0 Å². The van der Waals surface area contributed by atoms with E-state index >= 15 is 0 Å². The first-order chi connectivity index (χ1) is 33.7. The quantitative estimate of drug-likeness (QED) is 0.101. The van der Waals surface area contributed by atoms with Gasteiger partial charge in [0.2, 0.25) is 5.78 Å². The molecule has 0 aliphatic heterocycles. The van der Waals surface area contributed by atoms with Crippen LogP contribution in [0, 0.1) is 0 Å². The number of para-hydroxylation sites is 5. The molecular weight excluding hydrogens is 861 g/mol. The normalized spacial score (nSPS) is 12.2. The molecule has 10 aromatic carbocycles. The summed E-state index contributed by atoms with van der Waals surface area (Å²) in [5.41, 5.74) is 8.72. The van der Waals surface area contributed by atoms with Crippen LogP contribution in [0.2, 0.25) is 0 Å². The van der Waals surface area contributed by atoms with Crippen molar-refractivity contribution in [3.05, 3.63) is 267 Å². The monoisotopic (exact) mass is 904 g/mol. The minimum absolute atomic E-state index is 0.896. The summed E-state index contributed by atoms with van der Waals surface area (Å²) in [5, 5.41) is 9.50. The molecule has 0 radical (unpaired) electrons. The molecule has 0 amide bonds. The maximum Gasteiger partial charge on any atom is 0.278 e. The summed E-state index contributed by atoms with van der Waals surface area (Å²) >= 11 is 0. The van der Waals surface area contributed by atoms with Crippen LogP contribution in [0.25, 0.3) is 61.0 Å². The first-order valence-corrected chi connectivity index (χ1v) is 27.0. The number of aromatic nitrogens is 4. The Kier molecular flexibility index (Phi) is 9.54. The Hall–Kier alpha value is -8.34. The van der Waals surface area contributed by atoms with Crippen LogP contribution in [0.5, 0.6) is 0 Å². The molecule has 3 heterocycles. The van der Waals surface area contributed by atoms with Crippen molar-refractivity contribution in [1.29, 1.82) is 0 Å². The van der Waals surface area contributed by atoms with E-state index in [0.29, 0.717) is 0 Å². The highest BCUT2D eigenvalue weighted by Gasteiger charge is 2.53. The van der Waals surface area contributed by atoms with Crippen LogP contribution >= 0.6 is 0 Å². The number of benzene rings is 10. The first kappa shape index (κ1) is 40.0. The zero-order valence-corrected chi connectivity index (χ0v) is 39.1. The van der Waals surface area contributed by atoms with E-state index in [4.69, 9.17) is 9.10 Å². The Bertz CT molecular complexity index is 3810. The average molecular weight is 905 g/mol. The Labute approximate surface area is 396 Å². The van der Waals surface area contributed by atoms with E-state index in [1.807, 2.05) is 0 Å². The number of nitrogens with zero attached hydrogens (tertiary/aromatic N) is 4. The van der Waals surface area contributed by atoms with E-state index in [0.717, 1.165) is 50.3 Å². The van der Waals surface area contributed by atoms with Gasteiger partial charge in [0.1, 0.15) is 0 Å². The van der Waals surface area contributed by atoms with Gasteiger partial charge in [-0.1, -0.05) is 206 Å². The lowest BCUT2D eigenvalue weighted by molar-refractivity contribution is 0.600. The van der Waals surface area contributed by atoms with E-state index in [1.54, 1.807) is 0 Å². The lowest BCUT2D eigenvalue weighted by Gasteiger charge is -2.44. The highest BCUT2D eigenvalue weighted by molar-refractivity contribution is 7.18. The van der Waals surface area contributed by atoms with Gasteiger partial charge in [0.25, 0.3) is 16.6 Å². The van der Waals surface area contributed by atoms with E-state index < -0.39 is 16.6 Å². The molecule has 3 aromatic heterocycles. The average Bonchev–Trinajstić information content (AvgIpc) is 4.07. The van der Waals surface area contributed by atoms with Gasteiger partial charge < -0.3 is 8.68 Å².